The van der Waals surface area contributed by atoms with Crippen molar-refractivity contribution in [3.05, 3.63) is 22.5 Å². The van der Waals surface area contributed by atoms with E-state index >= 15 is 0 Å². The molecule has 0 bridgehead atoms. The van der Waals surface area contributed by atoms with Crippen molar-refractivity contribution in [1.82, 2.24) is 4.98 Å². The minimum absolute atomic E-state index is 0.267. The monoisotopic (exact) mass is 273 g/mol. The molecule has 0 saturated carbocycles. The largest absolute Gasteiger partial charge is 0.461 e. The molecule has 15 heavy (non-hydrogen) atoms. The third-order valence-electron chi connectivity index (χ3n) is 2.43. The van der Waals surface area contributed by atoms with Gasteiger partial charge in [0.1, 0.15) is 5.69 Å². The van der Waals surface area contributed by atoms with Gasteiger partial charge in [-0.1, -0.05) is 22.9 Å². The first-order chi connectivity index (χ1) is 7.15. The molecule has 1 aromatic heterocycles. The predicted molar refractivity (Wildman–Crippen MR) is 63.5 cm³/mol. The maximum Gasteiger partial charge on any atom is 0.355 e. The van der Waals surface area contributed by atoms with Crippen LogP contribution in [0.4, 0.5) is 0 Å². The summed E-state index contributed by atoms with van der Waals surface area (Å²) in [6.45, 7) is 6.25. The minimum atomic E-state index is -0.267. The average Bonchev–Trinajstić information content (AvgIpc) is 2.55. The number of alkyl halides is 1. The highest BCUT2D eigenvalue weighted by Crippen LogP contribution is 2.21. The van der Waals surface area contributed by atoms with E-state index in [2.05, 4.69) is 27.8 Å². The second kappa shape index (κ2) is 5.35. The Morgan fingerprint density at radius 1 is 1.47 bits per heavy atom. The third kappa shape index (κ3) is 2.43. The highest BCUT2D eigenvalue weighted by Gasteiger charge is 2.18. The van der Waals surface area contributed by atoms with Crippen molar-refractivity contribution in [2.75, 3.05) is 6.61 Å². The highest BCUT2D eigenvalue weighted by atomic mass is 79.9. The number of rotatable bonds is 4. The van der Waals surface area contributed by atoms with Crippen LogP contribution in [0.1, 0.15) is 41.2 Å². The molecule has 0 saturated heterocycles. The van der Waals surface area contributed by atoms with Crippen molar-refractivity contribution in [3.8, 4) is 0 Å². The van der Waals surface area contributed by atoms with E-state index in [1.807, 2.05) is 13.8 Å². The van der Waals surface area contributed by atoms with Gasteiger partial charge in [0.2, 0.25) is 0 Å². The number of hydrogen-bond acceptors (Lipinski definition) is 2. The summed E-state index contributed by atoms with van der Waals surface area (Å²) in [5, 5.41) is 0.733. The van der Waals surface area contributed by atoms with Crippen LogP contribution < -0.4 is 0 Å². The SMILES string of the molecule is CCOC(=O)c1[nH]c(CBr)c(CC)c1C. The van der Waals surface area contributed by atoms with Crippen LogP contribution in [0.3, 0.4) is 0 Å². The number of carbonyl (C=O) groups excluding carboxylic acids is 1. The van der Waals surface area contributed by atoms with Gasteiger partial charge in [-0.3, -0.25) is 0 Å². The first kappa shape index (κ1) is 12.3. The van der Waals surface area contributed by atoms with E-state index in [1.165, 1.54) is 5.56 Å². The number of aromatic amines is 1. The Bertz CT molecular complexity index is 358. The van der Waals surface area contributed by atoms with Crippen molar-refractivity contribution >= 4 is 21.9 Å². The second-order valence-electron chi connectivity index (χ2n) is 3.29. The fourth-order valence-electron chi connectivity index (χ4n) is 1.70. The summed E-state index contributed by atoms with van der Waals surface area (Å²) in [5.41, 5.74) is 3.86. The fraction of sp³-hybridized carbons (Fsp3) is 0.545. The maximum absolute atomic E-state index is 11.6. The number of hydrogen-bond donors (Lipinski definition) is 1. The summed E-state index contributed by atoms with van der Waals surface area (Å²) in [4.78, 5) is 14.7. The Balaban J connectivity index is 3.09. The van der Waals surface area contributed by atoms with Gasteiger partial charge in [0, 0.05) is 11.0 Å². The zero-order valence-corrected chi connectivity index (χ0v) is 10.9. The zero-order chi connectivity index (χ0) is 11.4. The van der Waals surface area contributed by atoms with Crippen LogP contribution in [0.2, 0.25) is 0 Å². The van der Waals surface area contributed by atoms with E-state index in [1.54, 1.807) is 0 Å². The predicted octanol–water partition coefficient (Wildman–Crippen LogP) is 2.96. The lowest BCUT2D eigenvalue weighted by Crippen LogP contribution is -2.06. The van der Waals surface area contributed by atoms with Gasteiger partial charge in [0.05, 0.1) is 6.61 Å². The van der Waals surface area contributed by atoms with E-state index in [9.17, 15) is 4.79 Å². The Kier molecular flexibility index (Phi) is 4.39. The molecule has 1 aromatic rings. The van der Waals surface area contributed by atoms with Gasteiger partial charge < -0.3 is 9.72 Å². The first-order valence-electron chi connectivity index (χ1n) is 5.09. The Labute approximate surface area is 98.3 Å². The van der Waals surface area contributed by atoms with Crippen LogP contribution in [-0.2, 0) is 16.5 Å². The fourth-order valence-corrected chi connectivity index (χ4v) is 2.18. The number of H-pyrrole nitrogens is 1. The molecule has 0 atom stereocenters. The molecule has 4 heteroatoms. The molecule has 3 nitrogen and oxygen atoms in total. The molecule has 0 amide bonds. The van der Waals surface area contributed by atoms with Gasteiger partial charge in [-0.15, -0.1) is 0 Å². The van der Waals surface area contributed by atoms with E-state index in [0.717, 1.165) is 23.0 Å². The molecule has 0 spiro atoms. The van der Waals surface area contributed by atoms with Crippen LogP contribution in [0, 0.1) is 6.92 Å². The molecular formula is C11H16BrNO2. The van der Waals surface area contributed by atoms with Gasteiger partial charge in [-0.2, -0.15) is 0 Å². The molecule has 0 radical (unpaired) electrons. The molecule has 0 fully saturated rings. The number of esters is 1. The van der Waals surface area contributed by atoms with Crippen LogP contribution in [0.15, 0.2) is 0 Å². The van der Waals surface area contributed by atoms with Crippen LogP contribution in [0.5, 0.6) is 0 Å². The van der Waals surface area contributed by atoms with Gasteiger partial charge >= 0.3 is 5.97 Å². The van der Waals surface area contributed by atoms with Crippen LogP contribution in [-0.4, -0.2) is 17.6 Å². The molecule has 1 heterocycles. The van der Waals surface area contributed by atoms with Gasteiger partial charge in [0.25, 0.3) is 0 Å². The van der Waals surface area contributed by atoms with E-state index in [4.69, 9.17) is 4.74 Å². The number of carbonyl (C=O) groups is 1. The lowest BCUT2D eigenvalue weighted by Gasteiger charge is -2.00. The highest BCUT2D eigenvalue weighted by molar-refractivity contribution is 9.08. The van der Waals surface area contributed by atoms with Gasteiger partial charge in [-0.05, 0) is 31.4 Å². The summed E-state index contributed by atoms with van der Waals surface area (Å²) < 4.78 is 4.98. The Morgan fingerprint density at radius 3 is 2.53 bits per heavy atom. The second-order valence-corrected chi connectivity index (χ2v) is 3.85. The van der Waals surface area contributed by atoms with Gasteiger partial charge in [-0.25, -0.2) is 4.79 Å². The standard InChI is InChI=1S/C11H16BrNO2/c1-4-8-7(3)10(11(14)15-5-2)13-9(8)6-12/h13H,4-6H2,1-3H3. The quantitative estimate of drug-likeness (QED) is 0.677. The zero-order valence-electron chi connectivity index (χ0n) is 9.32. The van der Waals surface area contributed by atoms with Crippen LogP contribution >= 0.6 is 15.9 Å². The lowest BCUT2D eigenvalue weighted by molar-refractivity contribution is 0.0519. The Morgan fingerprint density at radius 2 is 2.13 bits per heavy atom. The van der Waals surface area contributed by atoms with Crippen molar-refractivity contribution in [2.45, 2.75) is 32.5 Å². The number of nitrogens with one attached hydrogen (secondary N) is 1. The summed E-state index contributed by atoms with van der Waals surface area (Å²) >= 11 is 3.40. The van der Waals surface area contributed by atoms with E-state index < -0.39 is 0 Å². The molecule has 1 rings (SSSR count). The van der Waals surface area contributed by atoms with Gasteiger partial charge in [0.15, 0.2) is 0 Å². The number of halogens is 1. The summed E-state index contributed by atoms with van der Waals surface area (Å²) in [7, 11) is 0. The minimum Gasteiger partial charge on any atom is -0.461 e. The van der Waals surface area contributed by atoms with E-state index in [-0.39, 0.29) is 5.97 Å². The molecular weight excluding hydrogens is 258 g/mol. The normalized spacial score (nSPS) is 10.4. The summed E-state index contributed by atoms with van der Waals surface area (Å²) in [6, 6.07) is 0. The molecule has 1 N–H and O–H groups in total. The lowest BCUT2D eigenvalue weighted by atomic mass is 10.1. The summed E-state index contributed by atoms with van der Waals surface area (Å²) in [6.07, 6.45) is 0.919. The molecule has 84 valence electrons. The van der Waals surface area contributed by atoms with Crippen molar-refractivity contribution < 1.29 is 9.53 Å². The van der Waals surface area contributed by atoms with E-state index in [0.29, 0.717) is 12.3 Å². The average molecular weight is 274 g/mol. The van der Waals surface area contributed by atoms with Crippen molar-refractivity contribution in [3.63, 3.8) is 0 Å². The maximum atomic E-state index is 11.6. The smallest absolute Gasteiger partial charge is 0.355 e. The Hall–Kier alpha value is -0.770. The van der Waals surface area contributed by atoms with Crippen molar-refractivity contribution in [1.29, 1.82) is 0 Å². The number of ether oxygens (including phenoxy) is 1. The first-order valence-corrected chi connectivity index (χ1v) is 6.21. The molecule has 0 aliphatic rings. The summed E-state index contributed by atoms with van der Waals surface area (Å²) in [5.74, 6) is -0.267. The third-order valence-corrected chi connectivity index (χ3v) is 3.00. The van der Waals surface area contributed by atoms with Crippen LogP contribution in [0.25, 0.3) is 0 Å². The van der Waals surface area contributed by atoms with Crippen molar-refractivity contribution in [2.24, 2.45) is 0 Å². The molecule has 0 unspecified atom stereocenters. The number of aromatic nitrogens is 1. The molecule has 0 aliphatic carbocycles. The topological polar surface area (TPSA) is 42.1 Å². The molecule has 0 aromatic carbocycles. The molecule has 0 aliphatic heterocycles.